The van der Waals surface area contributed by atoms with Crippen molar-refractivity contribution in [3.63, 3.8) is 0 Å². The molecule has 0 aliphatic rings. The summed E-state index contributed by atoms with van der Waals surface area (Å²) in [5, 5.41) is 3.43. The highest BCUT2D eigenvalue weighted by atomic mass is 28.4. The summed E-state index contributed by atoms with van der Waals surface area (Å²) in [6.45, 7) is 1.95. The Hall–Kier alpha value is -0.723. The molecule has 0 heterocycles. The van der Waals surface area contributed by atoms with Gasteiger partial charge in [0.15, 0.2) is 0 Å². The predicted octanol–water partition coefficient (Wildman–Crippen LogP) is 2.09. The van der Waals surface area contributed by atoms with Crippen LogP contribution >= 0.6 is 0 Å². The Labute approximate surface area is 117 Å². The molecule has 1 rings (SSSR count). The molecule has 1 N–H and O–H groups in total. The SMILES string of the molecule is CO[Si](CCCNCCc1ccccc1)(OC)OC. The average Bonchev–Trinajstić information content (AvgIpc) is 2.48. The molecule has 4 nitrogen and oxygen atoms in total. The molecule has 0 spiro atoms. The Morgan fingerprint density at radius 3 is 2.16 bits per heavy atom. The van der Waals surface area contributed by atoms with Crippen LogP contribution in [0, 0.1) is 0 Å². The lowest BCUT2D eigenvalue weighted by Gasteiger charge is -2.24. The molecule has 1 aromatic carbocycles. The number of rotatable bonds is 10. The van der Waals surface area contributed by atoms with E-state index in [0.29, 0.717) is 0 Å². The molecule has 0 unspecified atom stereocenters. The van der Waals surface area contributed by atoms with E-state index >= 15 is 0 Å². The van der Waals surface area contributed by atoms with Crippen LogP contribution in [0.2, 0.25) is 6.04 Å². The second-order valence-corrected chi connectivity index (χ2v) is 7.48. The Morgan fingerprint density at radius 1 is 0.947 bits per heavy atom. The number of nitrogens with one attached hydrogen (secondary N) is 1. The fourth-order valence-electron chi connectivity index (χ4n) is 1.99. The van der Waals surface area contributed by atoms with Crippen molar-refractivity contribution in [2.75, 3.05) is 34.4 Å². The third kappa shape index (κ3) is 5.84. The Balaban J connectivity index is 2.11. The van der Waals surface area contributed by atoms with E-state index in [2.05, 4.69) is 29.6 Å². The molecular weight excluding hydrogens is 258 g/mol. The minimum absolute atomic E-state index is 0.842. The van der Waals surface area contributed by atoms with Gasteiger partial charge < -0.3 is 18.6 Å². The molecular formula is C14H25NO3Si. The zero-order chi connectivity index (χ0) is 14.0. The van der Waals surface area contributed by atoms with Crippen molar-refractivity contribution in [3.05, 3.63) is 35.9 Å². The van der Waals surface area contributed by atoms with Crippen molar-refractivity contribution in [2.24, 2.45) is 0 Å². The van der Waals surface area contributed by atoms with E-state index < -0.39 is 8.80 Å². The zero-order valence-corrected chi connectivity index (χ0v) is 13.1. The summed E-state index contributed by atoms with van der Waals surface area (Å²) in [6.07, 6.45) is 2.05. The molecule has 0 bridgehead atoms. The van der Waals surface area contributed by atoms with Gasteiger partial charge in [-0.05, 0) is 31.5 Å². The summed E-state index contributed by atoms with van der Waals surface area (Å²) < 4.78 is 16.1. The van der Waals surface area contributed by atoms with Crippen LogP contribution in [-0.2, 0) is 19.7 Å². The first kappa shape index (κ1) is 16.3. The summed E-state index contributed by atoms with van der Waals surface area (Å²) in [5.74, 6) is 0. The quantitative estimate of drug-likeness (QED) is 0.527. The van der Waals surface area contributed by atoms with E-state index in [1.807, 2.05) is 6.07 Å². The van der Waals surface area contributed by atoms with Gasteiger partial charge in [-0.2, -0.15) is 0 Å². The Bertz CT molecular complexity index is 322. The summed E-state index contributed by atoms with van der Waals surface area (Å²) in [7, 11) is 2.58. The van der Waals surface area contributed by atoms with Crippen molar-refractivity contribution in [1.82, 2.24) is 5.32 Å². The molecule has 0 aliphatic heterocycles. The molecule has 0 saturated heterocycles. The molecule has 0 atom stereocenters. The van der Waals surface area contributed by atoms with E-state index in [4.69, 9.17) is 13.3 Å². The first-order chi connectivity index (χ1) is 9.26. The topological polar surface area (TPSA) is 39.7 Å². The van der Waals surface area contributed by atoms with Gasteiger partial charge in [0.05, 0.1) is 0 Å². The van der Waals surface area contributed by atoms with E-state index in [0.717, 1.165) is 32.0 Å². The van der Waals surface area contributed by atoms with Crippen LogP contribution in [0.15, 0.2) is 30.3 Å². The maximum absolute atomic E-state index is 5.38. The van der Waals surface area contributed by atoms with Gasteiger partial charge in [0.2, 0.25) is 0 Å². The van der Waals surface area contributed by atoms with Crippen molar-refractivity contribution < 1.29 is 13.3 Å². The van der Waals surface area contributed by atoms with Crippen LogP contribution in [-0.4, -0.2) is 43.2 Å². The molecule has 0 radical (unpaired) electrons. The van der Waals surface area contributed by atoms with Gasteiger partial charge in [-0.1, -0.05) is 30.3 Å². The smallest absolute Gasteiger partial charge is 0.377 e. The van der Waals surface area contributed by atoms with E-state index in [1.165, 1.54) is 5.56 Å². The summed E-state index contributed by atoms with van der Waals surface area (Å²) in [5.41, 5.74) is 1.37. The van der Waals surface area contributed by atoms with Gasteiger partial charge in [-0.3, -0.25) is 0 Å². The van der Waals surface area contributed by atoms with Gasteiger partial charge in [-0.25, -0.2) is 0 Å². The van der Waals surface area contributed by atoms with Crippen molar-refractivity contribution in [1.29, 1.82) is 0 Å². The normalized spacial score (nSPS) is 11.7. The van der Waals surface area contributed by atoms with Crippen LogP contribution in [0.3, 0.4) is 0 Å². The van der Waals surface area contributed by atoms with Crippen LogP contribution < -0.4 is 5.32 Å². The lowest BCUT2D eigenvalue weighted by Crippen LogP contribution is -2.43. The monoisotopic (exact) mass is 283 g/mol. The Morgan fingerprint density at radius 2 is 1.58 bits per heavy atom. The maximum atomic E-state index is 5.38. The van der Waals surface area contributed by atoms with Crippen LogP contribution in [0.1, 0.15) is 12.0 Å². The minimum Gasteiger partial charge on any atom is -0.377 e. The zero-order valence-electron chi connectivity index (χ0n) is 12.1. The fourth-order valence-corrected chi connectivity index (χ4v) is 3.71. The van der Waals surface area contributed by atoms with Gasteiger partial charge in [0, 0.05) is 27.4 Å². The van der Waals surface area contributed by atoms with E-state index in [9.17, 15) is 0 Å². The summed E-state index contributed by atoms with van der Waals surface area (Å²) in [6, 6.07) is 11.3. The molecule has 0 fully saturated rings. The van der Waals surface area contributed by atoms with Crippen LogP contribution in [0.5, 0.6) is 0 Å². The summed E-state index contributed by atoms with van der Waals surface area (Å²) in [4.78, 5) is 0. The lowest BCUT2D eigenvalue weighted by atomic mass is 10.1. The predicted molar refractivity (Wildman–Crippen MR) is 79.2 cm³/mol. The van der Waals surface area contributed by atoms with Gasteiger partial charge in [0.25, 0.3) is 0 Å². The molecule has 0 saturated carbocycles. The highest BCUT2D eigenvalue weighted by molar-refractivity contribution is 6.60. The third-order valence-electron chi connectivity index (χ3n) is 3.20. The average molecular weight is 283 g/mol. The highest BCUT2D eigenvalue weighted by Crippen LogP contribution is 2.14. The van der Waals surface area contributed by atoms with Crippen LogP contribution in [0.4, 0.5) is 0 Å². The third-order valence-corrected chi connectivity index (χ3v) is 6.03. The van der Waals surface area contributed by atoms with Crippen molar-refractivity contribution in [2.45, 2.75) is 18.9 Å². The molecule has 0 amide bonds. The summed E-state index contributed by atoms with van der Waals surface area (Å²) >= 11 is 0. The van der Waals surface area contributed by atoms with Crippen molar-refractivity contribution in [3.8, 4) is 0 Å². The molecule has 5 heteroatoms. The van der Waals surface area contributed by atoms with Gasteiger partial charge in [-0.15, -0.1) is 0 Å². The fraction of sp³-hybridized carbons (Fsp3) is 0.571. The molecule has 0 aromatic heterocycles. The first-order valence-corrected chi connectivity index (χ1v) is 8.59. The van der Waals surface area contributed by atoms with E-state index in [-0.39, 0.29) is 0 Å². The Kier molecular flexibility index (Phi) is 7.93. The first-order valence-electron chi connectivity index (χ1n) is 6.66. The lowest BCUT2D eigenvalue weighted by molar-refractivity contribution is 0.123. The second-order valence-electron chi connectivity index (χ2n) is 4.38. The number of benzene rings is 1. The second kappa shape index (κ2) is 9.22. The van der Waals surface area contributed by atoms with Gasteiger partial charge in [0.1, 0.15) is 0 Å². The minimum atomic E-state index is -2.38. The molecule has 19 heavy (non-hydrogen) atoms. The molecule has 1 aromatic rings. The standard InChI is InChI=1S/C14H25NO3Si/c1-16-19(17-2,18-3)13-7-11-15-12-10-14-8-5-4-6-9-14/h4-6,8-9,15H,7,10-13H2,1-3H3. The number of hydrogen-bond acceptors (Lipinski definition) is 4. The van der Waals surface area contributed by atoms with Crippen molar-refractivity contribution >= 4 is 8.80 Å². The highest BCUT2D eigenvalue weighted by Gasteiger charge is 2.36. The maximum Gasteiger partial charge on any atom is 0.500 e. The molecule has 0 aliphatic carbocycles. The van der Waals surface area contributed by atoms with E-state index in [1.54, 1.807) is 21.3 Å². The number of hydrogen-bond donors (Lipinski definition) is 1. The van der Waals surface area contributed by atoms with Crippen LogP contribution in [0.25, 0.3) is 0 Å². The largest absolute Gasteiger partial charge is 0.500 e. The molecule has 108 valence electrons. The van der Waals surface area contributed by atoms with Gasteiger partial charge >= 0.3 is 8.80 Å².